The molecule has 0 amide bonds. The van der Waals surface area contributed by atoms with Crippen molar-refractivity contribution >= 4 is 22.9 Å². The average Bonchev–Trinajstić information content (AvgIpc) is 2.71. The first-order valence-corrected chi connectivity index (χ1v) is 6.92. The Bertz CT molecular complexity index is 667. The number of hydrogen-bond acceptors (Lipinski definition) is 2. The Hall–Kier alpha value is -1.64. The average molecular weight is 268 g/mol. The van der Waals surface area contributed by atoms with E-state index in [1.165, 1.54) is 5.39 Å². The highest BCUT2D eigenvalue weighted by molar-refractivity contribution is 6.05. The van der Waals surface area contributed by atoms with Crippen LogP contribution in [0.2, 0.25) is 0 Å². The smallest absolute Gasteiger partial charge is 0.0840 e. The molecule has 0 heterocycles. The lowest BCUT2D eigenvalue weighted by Crippen LogP contribution is -2.16. The molecule has 0 unspecified atom stereocenters. The van der Waals surface area contributed by atoms with Gasteiger partial charge in [-0.1, -0.05) is 12.2 Å². The molecule has 0 saturated carbocycles. The Kier molecular flexibility index (Phi) is 2.63. The molecule has 3 rings (SSSR count). The Morgan fingerprint density at radius 2 is 1.10 bits per heavy atom. The molecule has 104 valence electrons. The standard InChI is InChI=1S/C18H20O2/c1-17(2,19)14-7-11-5-6-12-8-15(18(3,4)20)10-13(9-14)16(11)12/h5-10,19-20H,1-4H3. The molecule has 0 fully saturated rings. The minimum atomic E-state index is -0.869. The number of hydrogen-bond donors (Lipinski definition) is 2. The summed E-state index contributed by atoms with van der Waals surface area (Å²) in [6.45, 7) is 7.17. The molecule has 2 heteroatoms. The fraction of sp³-hybridized carbons (Fsp3) is 0.333. The molecule has 0 aromatic heterocycles. The van der Waals surface area contributed by atoms with Crippen LogP contribution in [0.4, 0.5) is 0 Å². The fourth-order valence-electron chi connectivity index (χ4n) is 2.73. The van der Waals surface area contributed by atoms with Crippen LogP contribution >= 0.6 is 0 Å². The maximum Gasteiger partial charge on any atom is 0.0840 e. The Morgan fingerprint density at radius 1 is 0.700 bits per heavy atom. The van der Waals surface area contributed by atoms with Crippen LogP contribution in [0.1, 0.15) is 49.9 Å². The minimum Gasteiger partial charge on any atom is -0.386 e. The van der Waals surface area contributed by atoms with Gasteiger partial charge in [-0.25, -0.2) is 0 Å². The second-order valence-corrected chi connectivity index (χ2v) is 6.68. The van der Waals surface area contributed by atoms with Gasteiger partial charge >= 0.3 is 0 Å². The summed E-state index contributed by atoms with van der Waals surface area (Å²) < 4.78 is 0. The van der Waals surface area contributed by atoms with Crippen LogP contribution in [0.25, 0.3) is 22.9 Å². The van der Waals surface area contributed by atoms with Gasteiger partial charge in [0.15, 0.2) is 0 Å². The van der Waals surface area contributed by atoms with E-state index in [0.717, 1.165) is 27.6 Å². The van der Waals surface area contributed by atoms with E-state index >= 15 is 0 Å². The lowest BCUT2D eigenvalue weighted by Gasteiger charge is -2.22. The molecule has 0 saturated heterocycles. The molecule has 1 aliphatic rings. The molecular formula is C18H20O2. The molecular weight excluding hydrogens is 248 g/mol. The second kappa shape index (κ2) is 3.94. The summed E-state index contributed by atoms with van der Waals surface area (Å²) in [4.78, 5) is 0. The van der Waals surface area contributed by atoms with E-state index in [4.69, 9.17) is 0 Å². The lowest BCUT2D eigenvalue weighted by molar-refractivity contribution is 0.0786. The summed E-state index contributed by atoms with van der Waals surface area (Å²) >= 11 is 0. The third-order valence-corrected chi connectivity index (χ3v) is 3.97. The third kappa shape index (κ3) is 2.05. The first-order chi connectivity index (χ1) is 9.16. The molecule has 20 heavy (non-hydrogen) atoms. The van der Waals surface area contributed by atoms with Crippen LogP contribution in [0.3, 0.4) is 0 Å². The largest absolute Gasteiger partial charge is 0.386 e. The molecule has 2 nitrogen and oxygen atoms in total. The molecule has 2 N–H and O–H groups in total. The van der Waals surface area contributed by atoms with E-state index in [1.807, 2.05) is 24.3 Å². The Labute approximate surface area is 119 Å². The van der Waals surface area contributed by atoms with Gasteiger partial charge in [-0.05, 0) is 85.0 Å². The lowest BCUT2D eigenvalue weighted by atomic mass is 9.89. The summed E-state index contributed by atoms with van der Waals surface area (Å²) in [5.74, 6) is 0. The maximum absolute atomic E-state index is 10.2. The van der Waals surface area contributed by atoms with E-state index in [0.29, 0.717) is 0 Å². The van der Waals surface area contributed by atoms with Gasteiger partial charge < -0.3 is 10.2 Å². The number of rotatable bonds is 2. The zero-order valence-corrected chi connectivity index (χ0v) is 12.4. The molecule has 0 spiro atoms. The maximum atomic E-state index is 10.2. The van der Waals surface area contributed by atoms with Crippen molar-refractivity contribution in [3.05, 3.63) is 46.5 Å². The predicted molar refractivity (Wildman–Crippen MR) is 83.4 cm³/mol. The quantitative estimate of drug-likeness (QED) is 0.742. The Morgan fingerprint density at radius 3 is 1.45 bits per heavy atom. The fourth-order valence-corrected chi connectivity index (χ4v) is 2.73. The SMILES string of the molecule is CC(C)(O)c1cc2c3c(cc(C(C)(C)O)cc3c1)C=C2. The Balaban J connectivity index is 2.34. The highest BCUT2D eigenvalue weighted by atomic mass is 16.3. The van der Waals surface area contributed by atoms with Crippen LogP contribution in [0.5, 0.6) is 0 Å². The van der Waals surface area contributed by atoms with Gasteiger partial charge in [-0.15, -0.1) is 0 Å². The van der Waals surface area contributed by atoms with E-state index in [9.17, 15) is 10.2 Å². The van der Waals surface area contributed by atoms with Crippen molar-refractivity contribution in [2.45, 2.75) is 38.9 Å². The van der Waals surface area contributed by atoms with Crippen molar-refractivity contribution in [3.63, 3.8) is 0 Å². The third-order valence-electron chi connectivity index (χ3n) is 3.97. The van der Waals surface area contributed by atoms with Crippen LogP contribution in [0.15, 0.2) is 24.3 Å². The molecule has 0 atom stereocenters. The minimum absolute atomic E-state index is 0.869. The molecule has 0 radical (unpaired) electrons. The summed E-state index contributed by atoms with van der Waals surface area (Å²) in [6, 6.07) is 8.12. The number of benzene rings is 2. The zero-order valence-electron chi connectivity index (χ0n) is 12.4. The van der Waals surface area contributed by atoms with E-state index in [2.05, 4.69) is 12.2 Å². The summed E-state index contributed by atoms with van der Waals surface area (Å²) in [7, 11) is 0. The summed E-state index contributed by atoms with van der Waals surface area (Å²) in [5, 5.41) is 22.8. The van der Waals surface area contributed by atoms with Gasteiger partial charge in [-0.3, -0.25) is 0 Å². The van der Waals surface area contributed by atoms with E-state index in [-0.39, 0.29) is 0 Å². The zero-order chi connectivity index (χ0) is 14.7. The highest BCUT2D eigenvalue weighted by Gasteiger charge is 2.23. The van der Waals surface area contributed by atoms with Gasteiger partial charge in [-0.2, -0.15) is 0 Å². The monoisotopic (exact) mass is 268 g/mol. The predicted octanol–water partition coefficient (Wildman–Crippen LogP) is 3.78. The second-order valence-electron chi connectivity index (χ2n) is 6.68. The van der Waals surface area contributed by atoms with Gasteiger partial charge in [0.05, 0.1) is 11.2 Å². The molecule has 2 aromatic carbocycles. The van der Waals surface area contributed by atoms with Gasteiger partial charge in [0, 0.05) is 0 Å². The van der Waals surface area contributed by atoms with Crippen LogP contribution in [-0.4, -0.2) is 10.2 Å². The van der Waals surface area contributed by atoms with Crippen LogP contribution in [-0.2, 0) is 11.2 Å². The van der Waals surface area contributed by atoms with Gasteiger partial charge in [0.1, 0.15) is 0 Å². The van der Waals surface area contributed by atoms with Crippen molar-refractivity contribution in [1.82, 2.24) is 0 Å². The number of aliphatic hydroxyl groups is 2. The van der Waals surface area contributed by atoms with Crippen molar-refractivity contribution in [1.29, 1.82) is 0 Å². The molecule has 0 bridgehead atoms. The molecule has 2 aromatic rings. The van der Waals surface area contributed by atoms with Crippen molar-refractivity contribution in [2.24, 2.45) is 0 Å². The topological polar surface area (TPSA) is 40.5 Å². The summed E-state index contributed by atoms with van der Waals surface area (Å²) in [6.07, 6.45) is 4.14. The normalized spacial score (nSPS) is 14.3. The van der Waals surface area contributed by atoms with E-state index in [1.54, 1.807) is 27.7 Å². The molecule has 1 aliphatic carbocycles. The summed E-state index contributed by atoms with van der Waals surface area (Å²) in [5.41, 5.74) is 2.32. The van der Waals surface area contributed by atoms with Crippen molar-refractivity contribution < 1.29 is 10.2 Å². The highest BCUT2D eigenvalue weighted by Crippen LogP contribution is 2.37. The van der Waals surface area contributed by atoms with Gasteiger partial charge in [0.2, 0.25) is 0 Å². The first-order valence-electron chi connectivity index (χ1n) is 6.92. The molecule has 0 aliphatic heterocycles. The van der Waals surface area contributed by atoms with Crippen molar-refractivity contribution in [3.8, 4) is 0 Å². The van der Waals surface area contributed by atoms with Gasteiger partial charge in [0.25, 0.3) is 0 Å². The van der Waals surface area contributed by atoms with E-state index < -0.39 is 11.2 Å². The van der Waals surface area contributed by atoms with Crippen molar-refractivity contribution in [2.75, 3.05) is 0 Å². The van der Waals surface area contributed by atoms with Crippen LogP contribution < -0.4 is 0 Å². The van der Waals surface area contributed by atoms with Crippen LogP contribution in [0, 0.1) is 0 Å². The first kappa shape index (κ1) is 13.3.